The number of halogens is 1. The summed E-state index contributed by atoms with van der Waals surface area (Å²) in [5.41, 5.74) is -0.172. The van der Waals surface area contributed by atoms with Gasteiger partial charge in [0.2, 0.25) is 0 Å². The Morgan fingerprint density at radius 3 is 2.69 bits per heavy atom. The van der Waals surface area contributed by atoms with Crippen LogP contribution in [0.1, 0.15) is 45.9 Å². The van der Waals surface area contributed by atoms with E-state index >= 15 is 0 Å². The standard InChI is InChI=1S/C17H17FN4O3S.C3H6/c1-17(2,3)25-16(24)20-8-13-21-11-6-12(26-14(11)15(23)22-13)9-4-5-19-7-10(9)18;1-2-3-1/h4-7H,8H2,1-3H3,(H,20,24)(H,21,22,23);1-3H2. The number of aromatic nitrogens is 3. The fraction of sp³-hybridized carbons (Fsp3) is 0.400. The smallest absolute Gasteiger partial charge is 0.408 e. The van der Waals surface area contributed by atoms with Crippen molar-refractivity contribution < 1.29 is 13.9 Å². The molecule has 9 heteroatoms. The van der Waals surface area contributed by atoms with E-state index < -0.39 is 17.5 Å². The normalized spacial score (nSPS) is 12.8. The zero-order valence-electron chi connectivity index (χ0n) is 16.5. The number of pyridine rings is 1. The maximum absolute atomic E-state index is 13.9. The molecule has 29 heavy (non-hydrogen) atoms. The maximum Gasteiger partial charge on any atom is 0.408 e. The summed E-state index contributed by atoms with van der Waals surface area (Å²) in [5.74, 6) is -0.185. The zero-order chi connectivity index (χ0) is 21.0. The molecule has 1 saturated carbocycles. The molecule has 0 radical (unpaired) electrons. The van der Waals surface area contributed by atoms with Gasteiger partial charge in [-0.2, -0.15) is 0 Å². The second-order valence-electron chi connectivity index (χ2n) is 7.61. The first-order valence-corrected chi connectivity index (χ1v) is 10.1. The van der Waals surface area contributed by atoms with E-state index in [-0.39, 0.29) is 17.9 Å². The number of carbonyl (C=O) groups excluding carboxylic acids is 1. The topological polar surface area (TPSA) is 97.0 Å². The molecule has 0 bridgehead atoms. The minimum atomic E-state index is -0.619. The summed E-state index contributed by atoms with van der Waals surface area (Å²) >= 11 is 1.15. The van der Waals surface area contributed by atoms with Crippen molar-refractivity contribution in [3.05, 3.63) is 46.5 Å². The summed E-state index contributed by atoms with van der Waals surface area (Å²) in [6.07, 6.45) is 6.50. The highest BCUT2D eigenvalue weighted by atomic mass is 32.1. The molecule has 1 aliphatic carbocycles. The van der Waals surface area contributed by atoms with E-state index in [0.717, 1.165) is 17.5 Å². The number of nitrogens with zero attached hydrogens (tertiary/aromatic N) is 2. The third kappa shape index (κ3) is 6.08. The van der Waals surface area contributed by atoms with E-state index in [9.17, 15) is 14.0 Å². The highest BCUT2D eigenvalue weighted by Gasteiger charge is 2.17. The van der Waals surface area contributed by atoms with Crippen LogP contribution in [-0.2, 0) is 11.3 Å². The Balaban J connectivity index is 0.000000732. The van der Waals surface area contributed by atoms with Gasteiger partial charge in [0.15, 0.2) is 0 Å². The van der Waals surface area contributed by atoms with Gasteiger partial charge in [0, 0.05) is 16.6 Å². The summed E-state index contributed by atoms with van der Waals surface area (Å²) in [7, 11) is 0. The first-order chi connectivity index (χ1) is 13.7. The summed E-state index contributed by atoms with van der Waals surface area (Å²) in [6.45, 7) is 5.27. The molecule has 7 nitrogen and oxygen atoms in total. The molecule has 0 spiro atoms. The Morgan fingerprint density at radius 1 is 1.34 bits per heavy atom. The first-order valence-electron chi connectivity index (χ1n) is 9.32. The summed E-state index contributed by atoms with van der Waals surface area (Å²) in [6, 6.07) is 3.18. The molecule has 1 fully saturated rings. The van der Waals surface area contributed by atoms with Gasteiger partial charge >= 0.3 is 6.09 Å². The second kappa shape index (κ2) is 8.69. The zero-order valence-corrected chi connectivity index (χ0v) is 17.4. The van der Waals surface area contributed by atoms with Gasteiger partial charge in [-0.05, 0) is 32.9 Å². The van der Waals surface area contributed by atoms with Crippen LogP contribution in [0.2, 0.25) is 0 Å². The minimum Gasteiger partial charge on any atom is -0.444 e. The molecule has 1 amide bonds. The first kappa shape index (κ1) is 20.9. The van der Waals surface area contributed by atoms with Gasteiger partial charge in [-0.15, -0.1) is 11.3 Å². The van der Waals surface area contributed by atoms with Crippen molar-refractivity contribution in [1.82, 2.24) is 20.3 Å². The van der Waals surface area contributed by atoms with Crippen molar-refractivity contribution in [2.45, 2.75) is 52.2 Å². The molecule has 0 saturated heterocycles. The average Bonchev–Trinajstić information content (AvgIpc) is 3.45. The number of rotatable bonds is 3. The molecule has 154 valence electrons. The quantitative estimate of drug-likeness (QED) is 0.658. The van der Waals surface area contributed by atoms with Crippen LogP contribution >= 0.6 is 11.3 Å². The van der Waals surface area contributed by atoms with Gasteiger partial charge in [0.25, 0.3) is 5.56 Å². The average molecular weight is 418 g/mol. The number of hydrogen-bond donors (Lipinski definition) is 2. The van der Waals surface area contributed by atoms with Gasteiger partial charge in [0.1, 0.15) is 21.9 Å². The number of ether oxygens (including phenoxy) is 1. The van der Waals surface area contributed by atoms with Gasteiger partial charge < -0.3 is 15.0 Å². The van der Waals surface area contributed by atoms with Crippen LogP contribution in [-0.4, -0.2) is 26.6 Å². The Labute approximate surface area is 171 Å². The molecule has 0 aliphatic heterocycles. The van der Waals surface area contributed by atoms with Crippen LogP contribution in [0, 0.1) is 5.82 Å². The third-order valence-corrected chi connectivity index (χ3v) is 4.78. The lowest BCUT2D eigenvalue weighted by atomic mass is 10.2. The SMILES string of the molecule is C1CC1.CC(C)(C)OC(=O)NCc1nc2cc(-c3ccncc3F)sc2c(=O)[nH]1. The molecule has 0 atom stereocenters. The molecule has 3 aromatic heterocycles. The number of fused-ring (bicyclic) bond motifs is 1. The van der Waals surface area contributed by atoms with Crippen LogP contribution in [0.3, 0.4) is 0 Å². The molecule has 0 unspecified atom stereocenters. The van der Waals surface area contributed by atoms with Crippen molar-refractivity contribution in [2.75, 3.05) is 0 Å². The van der Waals surface area contributed by atoms with Crippen LogP contribution in [0.4, 0.5) is 9.18 Å². The number of thiophene rings is 1. The molecule has 4 rings (SSSR count). The summed E-state index contributed by atoms with van der Waals surface area (Å²) in [5, 5.41) is 2.54. The Hall–Kier alpha value is -2.81. The van der Waals surface area contributed by atoms with Crippen molar-refractivity contribution in [3.63, 3.8) is 0 Å². The lowest BCUT2D eigenvalue weighted by molar-refractivity contribution is 0.0522. The number of hydrogen-bond acceptors (Lipinski definition) is 6. The van der Waals surface area contributed by atoms with Crippen molar-refractivity contribution in [2.24, 2.45) is 0 Å². The number of amides is 1. The summed E-state index contributed by atoms with van der Waals surface area (Å²) in [4.78, 5) is 35.2. The number of H-pyrrole nitrogens is 1. The molecule has 1 aliphatic rings. The number of nitrogens with one attached hydrogen (secondary N) is 2. The maximum atomic E-state index is 13.9. The van der Waals surface area contributed by atoms with Gasteiger partial charge in [-0.25, -0.2) is 14.2 Å². The minimum absolute atomic E-state index is 0.00882. The molecule has 0 aromatic carbocycles. The van der Waals surface area contributed by atoms with E-state index in [1.807, 2.05) is 0 Å². The van der Waals surface area contributed by atoms with Crippen LogP contribution in [0.15, 0.2) is 29.3 Å². The van der Waals surface area contributed by atoms with E-state index in [1.165, 1.54) is 25.5 Å². The van der Waals surface area contributed by atoms with Gasteiger partial charge in [-0.1, -0.05) is 19.3 Å². The fourth-order valence-electron chi connectivity index (χ4n) is 2.25. The van der Waals surface area contributed by atoms with E-state index in [0.29, 0.717) is 20.7 Å². The predicted octanol–water partition coefficient (Wildman–Crippen LogP) is 4.38. The second-order valence-corrected chi connectivity index (χ2v) is 8.66. The van der Waals surface area contributed by atoms with Crippen molar-refractivity contribution in [1.29, 1.82) is 0 Å². The highest BCUT2D eigenvalue weighted by Crippen LogP contribution is 2.32. The van der Waals surface area contributed by atoms with Crippen molar-refractivity contribution >= 4 is 27.6 Å². The van der Waals surface area contributed by atoms with Gasteiger partial charge in [-0.3, -0.25) is 9.78 Å². The largest absolute Gasteiger partial charge is 0.444 e. The molecule has 2 N–H and O–H groups in total. The third-order valence-electron chi connectivity index (χ3n) is 3.62. The van der Waals surface area contributed by atoms with E-state index in [1.54, 1.807) is 32.9 Å². The molecular formula is C20H23FN4O3S. The van der Waals surface area contributed by atoms with E-state index in [2.05, 4.69) is 20.3 Å². The Kier molecular flexibility index (Phi) is 6.26. The van der Waals surface area contributed by atoms with Crippen LogP contribution in [0.5, 0.6) is 0 Å². The predicted molar refractivity (Wildman–Crippen MR) is 110 cm³/mol. The fourth-order valence-corrected chi connectivity index (χ4v) is 3.27. The molecule has 3 heterocycles. The number of carbonyl (C=O) groups is 1. The van der Waals surface area contributed by atoms with E-state index in [4.69, 9.17) is 4.74 Å². The lowest BCUT2D eigenvalue weighted by Gasteiger charge is -2.19. The van der Waals surface area contributed by atoms with Crippen LogP contribution in [0.25, 0.3) is 20.7 Å². The number of alkyl carbamates (subject to hydrolysis) is 1. The lowest BCUT2D eigenvalue weighted by Crippen LogP contribution is -2.33. The highest BCUT2D eigenvalue weighted by molar-refractivity contribution is 7.22. The molecule has 3 aromatic rings. The van der Waals surface area contributed by atoms with Gasteiger partial charge in [0.05, 0.1) is 18.3 Å². The summed E-state index contributed by atoms with van der Waals surface area (Å²) < 4.78 is 19.4. The molecular weight excluding hydrogens is 395 g/mol. The Bertz CT molecular complexity index is 1070. The van der Waals surface area contributed by atoms with Crippen molar-refractivity contribution in [3.8, 4) is 10.4 Å². The monoisotopic (exact) mass is 418 g/mol. The van der Waals surface area contributed by atoms with Crippen LogP contribution < -0.4 is 10.9 Å². The number of aromatic amines is 1. The Morgan fingerprint density at radius 2 is 2.07 bits per heavy atom.